The second-order valence-electron chi connectivity index (χ2n) is 10.1. The van der Waals surface area contributed by atoms with E-state index in [1.165, 1.54) is 24.8 Å². The summed E-state index contributed by atoms with van der Waals surface area (Å²) in [6.07, 6.45) is 5.10. The van der Waals surface area contributed by atoms with Crippen molar-refractivity contribution < 1.29 is 9.59 Å². The molecule has 0 aliphatic carbocycles. The van der Waals surface area contributed by atoms with Gasteiger partial charge in [-0.1, -0.05) is 30.3 Å². The molecule has 2 atom stereocenters. The van der Waals surface area contributed by atoms with E-state index in [1.54, 1.807) is 0 Å². The monoisotopic (exact) mass is 426 g/mol. The molecule has 1 aromatic carbocycles. The molecule has 0 unspecified atom stereocenters. The number of nitrogens with zero attached hydrogens (tertiary/aromatic N) is 2. The molecule has 3 heterocycles. The van der Waals surface area contributed by atoms with E-state index in [1.807, 2.05) is 0 Å². The second-order valence-corrected chi connectivity index (χ2v) is 10.1. The fraction of sp³-hybridized carbons (Fsp3) is 0.680. The third kappa shape index (κ3) is 5.29. The standard InChI is InChI=1S/C25H38N4O2/c1-19(2)29-14-10-25(18-29)17-22(27-24(25)31)23(30)26-11-15-28-12-8-21(9-13-28)16-20-6-4-3-5-7-20/h3-7,19,21-22H,8-18H2,1-2H3,(H,26,30)(H,27,31)/t22-,25+/m0/s1. The number of nitrogens with one attached hydrogen (secondary N) is 2. The van der Waals surface area contributed by atoms with Gasteiger partial charge in [0.1, 0.15) is 6.04 Å². The van der Waals surface area contributed by atoms with Crippen molar-refractivity contribution in [1.29, 1.82) is 0 Å². The first kappa shape index (κ1) is 22.3. The molecule has 2 amide bonds. The van der Waals surface area contributed by atoms with Gasteiger partial charge in [-0.25, -0.2) is 0 Å². The Balaban J connectivity index is 1.16. The molecule has 0 bridgehead atoms. The molecule has 3 fully saturated rings. The molecule has 0 aromatic heterocycles. The summed E-state index contributed by atoms with van der Waals surface area (Å²) < 4.78 is 0. The Kier molecular flexibility index (Phi) is 6.97. The van der Waals surface area contributed by atoms with Gasteiger partial charge in [-0.05, 0) is 77.1 Å². The van der Waals surface area contributed by atoms with Crippen molar-refractivity contribution in [2.24, 2.45) is 11.3 Å². The number of amides is 2. The topological polar surface area (TPSA) is 64.7 Å². The fourth-order valence-corrected chi connectivity index (χ4v) is 5.52. The first-order chi connectivity index (χ1) is 14.9. The number of hydrogen-bond acceptors (Lipinski definition) is 4. The summed E-state index contributed by atoms with van der Waals surface area (Å²) in [4.78, 5) is 30.1. The van der Waals surface area contributed by atoms with Crippen molar-refractivity contribution in [1.82, 2.24) is 20.4 Å². The van der Waals surface area contributed by atoms with Crippen LogP contribution in [0, 0.1) is 11.3 Å². The van der Waals surface area contributed by atoms with E-state index in [2.05, 4.69) is 64.6 Å². The molecule has 31 heavy (non-hydrogen) atoms. The van der Waals surface area contributed by atoms with Crippen molar-refractivity contribution >= 4 is 11.8 Å². The number of piperidine rings is 1. The number of carbonyl (C=O) groups is 2. The third-order valence-electron chi connectivity index (χ3n) is 7.61. The summed E-state index contributed by atoms with van der Waals surface area (Å²) in [6, 6.07) is 10.8. The van der Waals surface area contributed by atoms with Crippen LogP contribution in [0.1, 0.15) is 45.1 Å². The van der Waals surface area contributed by atoms with Crippen LogP contribution in [0.25, 0.3) is 0 Å². The number of likely N-dealkylation sites (tertiary alicyclic amines) is 2. The van der Waals surface area contributed by atoms with E-state index >= 15 is 0 Å². The highest BCUT2D eigenvalue weighted by Crippen LogP contribution is 2.40. The van der Waals surface area contributed by atoms with Gasteiger partial charge in [0.15, 0.2) is 0 Å². The van der Waals surface area contributed by atoms with Crippen LogP contribution in [0.5, 0.6) is 0 Å². The Morgan fingerprint density at radius 3 is 2.61 bits per heavy atom. The van der Waals surface area contributed by atoms with Crippen molar-refractivity contribution in [2.75, 3.05) is 39.3 Å². The SMILES string of the molecule is CC(C)N1CC[C@@]2(C[C@@H](C(=O)NCCN3CCC(Cc4ccccc4)CC3)NC2=O)C1. The van der Waals surface area contributed by atoms with Crippen molar-refractivity contribution in [2.45, 2.75) is 58.0 Å². The molecule has 1 aromatic rings. The van der Waals surface area contributed by atoms with Crippen LogP contribution in [0.4, 0.5) is 0 Å². The van der Waals surface area contributed by atoms with Crippen LogP contribution >= 0.6 is 0 Å². The number of hydrogen-bond donors (Lipinski definition) is 2. The van der Waals surface area contributed by atoms with E-state index in [-0.39, 0.29) is 23.3 Å². The van der Waals surface area contributed by atoms with Crippen LogP contribution < -0.4 is 10.6 Å². The second kappa shape index (κ2) is 9.70. The molecule has 1 spiro atoms. The maximum atomic E-state index is 12.7. The van der Waals surface area contributed by atoms with Gasteiger partial charge >= 0.3 is 0 Å². The van der Waals surface area contributed by atoms with Crippen molar-refractivity contribution in [3.05, 3.63) is 35.9 Å². The Labute approximate surface area is 186 Å². The largest absolute Gasteiger partial charge is 0.353 e. The predicted octanol–water partition coefficient (Wildman–Crippen LogP) is 2.05. The highest BCUT2D eigenvalue weighted by Gasteiger charge is 2.52. The van der Waals surface area contributed by atoms with Gasteiger partial charge in [-0.3, -0.25) is 14.5 Å². The highest BCUT2D eigenvalue weighted by atomic mass is 16.2. The molecule has 3 saturated heterocycles. The van der Waals surface area contributed by atoms with Gasteiger partial charge in [-0.2, -0.15) is 0 Å². The number of carbonyl (C=O) groups excluding carboxylic acids is 2. The number of rotatable bonds is 7. The molecular weight excluding hydrogens is 388 g/mol. The van der Waals surface area contributed by atoms with Crippen LogP contribution in [0.15, 0.2) is 30.3 Å². The quantitative estimate of drug-likeness (QED) is 0.700. The van der Waals surface area contributed by atoms with Crippen LogP contribution in [-0.2, 0) is 16.0 Å². The van der Waals surface area contributed by atoms with Crippen molar-refractivity contribution in [3.8, 4) is 0 Å². The lowest BCUT2D eigenvalue weighted by molar-refractivity contribution is -0.128. The Hall–Kier alpha value is -1.92. The molecule has 0 radical (unpaired) electrons. The lowest BCUT2D eigenvalue weighted by Crippen LogP contribution is -2.45. The molecule has 3 aliphatic heterocycles. The minimum Gasteiger partial charge on any atom is -0.353 e. The highest BCUT2D eigenvalue weighted by molar-refractivity contribution is 5.94. The molecule has 4 rings (SSSR count). The van der Waals surface area contributed by atoms with E-state index in [4.69, 9.17) is 0 Å². The average molecular weight is 427 g/mol. The normalized spacial score (nSPS) is 27.8. The molecule has 6 heteroatoms. The van der Waals surface area contributed by atoms with Gasteiger partial charge in [0.25, 0.3) is 0 Å². The molecule has 170 valence electrons. The smallest absolute Gasteiger partial charge is 0.242 e. The van der Waals surface area contributed by atoms with Crippen LogP contribution in [0.3, 0.4) is 0 Å². The first-order valence-electron chi connectivity index (χ1n) is 12.0. The lowest BCUT2D eigenvalue weighted by atomic mass is 9.84. The van der Waals surface area contributed by atoms with E-state index in [0.29, 0.717) is 19.0 Å². The van der Waals surface area contributed by atoms with Crippen molar-refractivity contribution in [3.63, 3.8) is 0 Å². The maximum Gasteiger partial charge on any atom is 0.242 e. The van der Waals surface area contributed by atoms with E-state index < -0.39 is 0 Å². The molecule has 0 saturated carbocycles. The van der Waals surface area contributed by atoms with Gasteiger partial charge in [0, 0.05) is 25.7 Å². The summed E-state index contributed by atoms with van der Waals surface area (Å²) in [5.74, 6) is 0.804. The summed E-state index contributed by atoms with van der Waals surface area (Å²) >= 11 is 0. The zero-order chi connectivity index (χ0) is 21.8. The zero-order valence-corrected chi connectivity index (χ0v) is 19.1. The minimum absolute atomic E-state index is 0.0211. The Bertz CT molecular complexity index is 760. The zero-order valence-electron chi connectivity index (χ0n) is 19.1. The third-order valence-corrected chi connectivity index (χ3v) is 7.61. The molecular formula is C25H38N4O2. The average Bonchev–Trinajstić information content (AvgIpc) is 3.34. The minimum atomic E-state index is -0.378. The van der Waals surface area contributed by atoms with Crippen LogP contribution in [0.2, 0.25) is 0 Å². The van der Waals surface area contributed by atoms with Crippen LogP contribution in [-0.4, -0.2) is 73.0 Å². The molecule has 3 aliphatic rings. The molecule has 6 nitrogen and oxygen atoms in total. The van der Waals surface area contributed by atoms with E-state index in [0.717, 1.165) is 45.1 Å². The maximum absolute atomic E-state index is 12.7. The predicted molar refractivity (Wildman–Crippen MR) is 123 cm³/mol. The van der Waals surface area contributed by atoms with Gasteiger partial charge in [0.2, 0.25) is 11.8 Å². The Morgan fingerprint density at radius 2 is 1.94 bits per heavy atom. The molecule has 2 N–H and O–H groups in total. The van der Waals surface area contributed by atoms with Gasteiger partial charge in [-0.15, -0.1) is 0 Å². The van der Waals surface area contributed by atoms with E-state index in [9.17, 15) is 9.59 Å². The van der Waals surface area contributed by atoms with Gasteiger partial charge in [0.05, 0.1) is 5.41 Å². The summed E-state index contributed by atoms with van der Waals surface area (Å²) in [5.41, 5.74) is 1.07. The van der Waals surface area contributed by atoms with Gasteiger partial charge < -0.3 is 15.5 Å². The lowest BCUT2D eigenvalue weighted by Gasteiger charge is -2.32. The fourth-order valence-electron chi connectivity index (χ4n) is 5.52. The summed E-state index contributed by atoms with van der Waals surface area (Å²) in [6.45, 7) is 9.79. The summed E-state index contributed by atoms with van der Waals surface area (Å²) in [7, 11) is 0. The first-order valence-corrected chi connectivity index (χ1v) is 12.0. The summed E-state index contributed by atoms with van der Waals surface area (Å²) in [5, 5.41) is 6.05. The number of benzene rings is 1. The Morgan fingerprint density at radius 1 is 1.19 bits per heavy atom.